The summed E-state index contributed by atoms with van der Waals surface area (Å²) in [6.45, 7) is 1.95. The Morgan fingerprint density at radius 1 is 1.28 bits per heavy atom. The van der Waals surface area contributed by atoms with Crippen LogP contribution < -0.4 is 10.1 Å². The van der Waals surface area contributed by atoms with Gasteiger partial charge < -0.3 is 14.6 Å². The van der Waals surface area contributed by atoms with Gasteiger partial charge in [0.25, 0.3) is 5.89 Å². The molecular formula is C16H17FN6O2. The van der Waals surface area contributed by atoms with Crippen LogP contribution in [0.3, 0.4) is 0 Å². The number of hydrogen-bond acceptors (Lipinski definition) is 7. The Labute approximate surface area is 143 Å². The average molecular weight is 344 g/mol. The van der Waals surface area contributed by atoms with Gasteiger partial charge in [-0.15, -0.1) is 5.10 Å². The van der Waals surface area contributed by atoms with Crippen LogP contribution >= 0.6 is 0 Å². The van der Waals surface area contributed by atoms with Gasteiger partial charge >= 0.3 is 0 Å². The number of halogens is 1. The highest BCUT2D eigenvalue weighted by atomic mass is 19.1. The number of hydrogen-bond donors (Lipinski definition) is 1. The molecule has 3 aromatic rings. The second-order valence-corrected chi connectivity index (χ2v) is 5.80. The van der Waals surface area contributed by atoms with Crippen molar-refractivity contribution in [3.8, 4) is 17.3 Å². The molecule has 1 saturated heterocycles. The van der Waals surface area contributed by atoms with Gasteiger partial charge in [0.05, 0.1) is 12.2 Å². The van der Waals surface area contributed by atoms with Crippen LogP contribution in [0.4, 0.5) is 4.39 Å². The summed E-state index contributed by atoms with van der Waals surface area (Å²) in [4.78, 5) is 4.23. The van der Waals surface area contributed by atoms with E-state index in [1.165, 1.54) is 6.07 Å². The monoisotopic (exact) mass is 344 g/mol. The van der Waals surface area contributed by atoms with E-state index in [1.54, 1.807) is 18.2 Å². The van der Waals surface area contributed by atoms with E-state index in [4.69, 9.17) is 9.26 Å². The highest BCUT2D eigenvalue weighted by Gasteiger charge is 2.19. The van der Waals surface area contributed by atoms with Crippen LogP contribution in [0.5, 0.6) is 5.75 Å². The van der Waals surface area contributed by atoms with Gasteiger partial charge in [0, 0.05) is 0 Å². The normalized spacial score (nSPS) is 15.4. The minimum absolute atomic E-state index is 0.00681. The van der Waals surface area contributed by atoms with E-state index in [0.717, 1.165) is 25.9 Å². The second kappa shape index (κ2) is 6.98. The lowest BCUT2D eigenvalue weighted by Crippen LogP contribution is -2.29. The van der Waals surface area contributed by atoms with Crippen molar-refractivity contribution in [2.24, 2.45) is 0 Å². The first kappa shape index (κ1) is 15.7. The highest BCUT2D eigenvalue weighted by molar-refractivity contribution is 5.43. The van der Waals surface area contributed by atoms with E-state index in [9.17, 15) is 4.39 Å². The zero-order chi connectivity index (χ0) is 17.1. The summed E-state index contributed by atoms with van der Waals surface area (Å²) >= 11 is 0. The fraction of sp³-hybridized carbons (Fsp3) is 0.375. The van der Waals surface area contributed by atoms with Crippen molar-refractivity contribution in [2.45, 2.75) is 25.5 Å². The Kier molecular flexibility index (Phi) is 4.38. The number of nitrogens with zero attached hydrogens (tertiary/aromatic N) is 5. The van der Waals surface area contributed by atoms with E-state index in [1.807, 2.05) is 10.9 Å². The Balaban J connectivity index is 1.42. The molecule has 8 nitrogen and oxygen atoms in total. The quantitative estimate of drug-likeness (QED) is 0.756. The maximum Gasteiger partial charge on any atom is 0.280 e. The molecule has 1 N–H and O–H groups in total. The first-order valence-electron chi connectivity index (χ1n) is 8.12. The van der Waals surface area contributed by atoms with Gasteiger partial charge in [-0.3, -0.25) is 0 Å². The molecule has 0 atom stereocenters. The molecule has 0 unspecified atom stereocenters. The van der Waals surface area contributed by atoms with Crippen molar-refractivity contribution >= 4 is 0 Å². The summed E-state index contributed by atoms with van der Waals surface area (Å²) in [6, 6.07) is 6.49. The summed E-state index contributed by atoms with van der Waals surface area (Å²) in [7, 11) is 0. The SMILES string of the molecule is Fc1ccccc1OCc1noc(-c2cn(C3CCNCC3)nn2)n1. The Morgan fingerprint density at radius 2 is 2.12 bits per heavy atom. The van der Waals surface area contributed by atoms with Gasteiger partial charge in [-0.25, -0.2) is 9.07 Å². The van der Waals surface area contributed by atoms with E-state index < -0.39 is 5.82 Å². The number of aromatic nitrogens is 5. The van der Waals surface area contributed by atoms with Gasteiger partial charge in [-0.2, -0.15) is 4.98 Å². The molecular weight excluding hydrogens is 327 g/mol. The fourth-order valence-corrected chi connectivity index (χ4v) is 2.75. The molecule has 1 fully saturated rings. The van der Waals surface area contributed by atoms with Gasteiger partial charge in [-0.1, -0.05) is 22.5 Å². The summed E-state index contributed by atoms with van der Waals surface area (Å²) in [5.41, 5.74) is 0.517. The first-order chi connectivity index (χ1) is 12.3. The Bertz CT molecular complexity index is 843. The average Bonchev–Trinajstić information content (AvgIpc) is 3.31. The van der Waals surface area contributed by atoms with Crippen LogP contribution in [-0.2, 0) is 6.61 Å². The van der Waals surface area contributed by atoms with Gasteiger partial charge in [-0.05, 0) is 38.1 Å². The van der Waals surface area contributed by atoms with Crippen LogP contribution in [-0.4, -0.2) is 38.2 Å². The highest BCUT2D eigenvalue weighted by Crippen LogP contribution is 2.21. The standard InChI is InChI=1S/C16H17FN6O2/c17-12-3-1-2-4-14(12)24-10-15-19-16(25-21-15)13-9-23(22-20-13)11-5-7-18-8-6-11/h1-4,9,11,18H,5-8,10H2. The van der Waals surface area contributed by atoms with E-state index in [-0.39, 0.29) is 18.2 Å². The lowest BCUT2D eigenvalue weighted by molar-refractivity contribution is 0.274. The van der Waals surface area contributed by atoms with Gasteiger partial charge in [0.2, 0.25) is 5.82 Å². The maximum atomic E-state index is 13.5. The predicted octanol–water partition coefficient (Wildman–Crippen LogP) is 1.97. The summed E-state index contributed by atoms with van der Waals surface area (Å²) in [6.07, 6.45) is 3.83. The molecule has 130 valence electrons. The van der Waals surface area contributed by atoms with Crippen molar-refractivity contribution in [1.82, 2.24) is 30.5 Å². The van der Waals surface area contributed by atoms with Gasteiger partial charge in [0.15, 0.2) is 23.9 Å². The fourth-order valence-electron chi connectivity index (χ4n) is 2.75. The molecule has 3 heterocycles. The molecule has 0 spiro atoms. The molecule has 0 amide bonds. The van der Waals surface area contributed by atoms with Crippen molar-refractivity contribution in [1.29, 1.82) is 0 Å². The Hall–Kier alpha value is -2.81. The number of para-hydroxylation sites is 1. The Morgan fingerprint density at radius 3 is 2.96 bits per heavy atom. The molecule has 1 aliphatic heterocycles. The molecule has 0 saturated carbocycles. The van der Waals surface area contributed by atoms with Crippen molar-refractivity contribution in [3.63, 3.8) is 0 Å². The summed E-state index contributed by atoms with van der Waals surface area (Å²) in [5, 5.41) is 15.4. The van der Waals surface area contributed by atoms with Crippen molar-refractivity contribution in [2.75, 3.05) is 13.1 Å². The lowest BCUT2D eigenvalue weighted by atomic mass is 10.1. The summed E-state index contributed by atoms with van der Waals surface area (Å²) in [5.74, 6) is 0.295. The van der Waals surface area contributed by atoms with E-state index >= 15 is 0 Å². The van der Waals surface area contributed by atoms with Crippen molar-refractivity contribution < 1.29 is 13.7 Å². The van der Waals surface area contributed by atoms with E-state index in [2.05, 4.69) is 25.8 Å². The molecule has 1 aromatic carbocycles. The molecule has 0 radical (unpaired) electrons. The van der Waals surface area contributed by atoms with Crippen molar-refractivity contribution in [3.05, 3.63) is 42.1 Å². The van der Waals surface area contributed by atoms with Crippen LogP contribution in [0, 0.1) is 5.82 Å². The molecule has 9 heteroatoms. The smallest absolute Gasteiger partial charge is 0.280 e. The maximum absolute atomic E-state index is 13.5. The van der Waals surface area contributed by atoms with Crippen LogP contribution in [0.25, 0.3) is 11.6 Å². The third-order valence-corrected chi connectivity index (χ3v) is 4.07. The number of ether oxygens (including phenoxy) is 1. The predicted molar refractivity (Wildman–Crippen MR) is 85.2 cm³/mol. The zero-order valence-corrected chi connectivity index (χ0v) is 13.4. The number of piperidine rings is 1. The van der Waals surface area contributed by atoms with Crippen LogP contribution in [0.15, 0.2) is 35.0 Å². The van der Waals surface area contributed by atoms with Crippen LogP contribution in [0.1, 0.15) is 24.7 Å². The summed E-state index contributed by atoms with van der Waals surface area (Å²) < 4.78 is 25.9. The molecule has 0 aliphatic carbocycles. The van der Waals surface area contributed by atoms with E-state index in [0.29, 0.717) is 17.6 Å². The third-order valence-electron chi connectivity index (χ3n) is 4.07. The third kappa shape index (κ3) is 3.50. The molecule has 2 aromatic heterocycles. The first-order valence-corrected chi connectivity index (χ1v) is 8.12. The number of nitrogens with one attached hydrogen (secondary N) is 1. The zero-order valence-electron chi connectivity index (χ0n) is 13.4. The topological polar surface area (TPSA) is 90.9 Å². The minimum Gasteiger partial charge on any atom is -0.482 e. The molecule has 0 bridgehead atoms. The minimum atomic E-state index is -0.434. The molecule has 1 aliphatic rings. The molecule has 4 rings (SSSR count). The number of rotatable bonds is 5. The number of benzene rings is 1. The van der Waals surface area contributed by atoms with Gasteiger partial charge in [0.1, 0.15) is 0 Å². The lowest BCUT2D eigenvalue weighted by Gasteiger charge is -2.21. The second-order valence-electron chi connectivity index (χ2n) is 5.80. The molecule has 25 heavy (non-hydrogen) atoms. The largest absolute Gasteiger partial charge is 0.482 e. The van der Waals surface area contributed by atoms with Crippen LogP contribution in [0.2, 0.25) is 0 Å².